The number of alkyl halides is 1. The molecule has 0 saturated heterocycles. The summed E-state index contributed by atoms with van der Waals surface area (Å²) in [4.78, 5) is 0.478. The summed E-state index contributed by atoms with van der Waals surface area (Å²) in [5, 5.41) is 0. The number of ether oxygens (including phenoxy) is 3. The first-order valence-corrected chi connectivity index (χ1v) is 14.2. The van der Waals surface area contributed by atoms with Crippen LogP contribution in [0.4, 0.5) is 0 Å². The number of halogens is 2. The molecule has 2 aromatic carbocycles. The van der Waals surface area contributed by atoms with Gasteiger partial charge in [-0.1, -0.05) is 69.6 Å². The van der Waals surface area contributed by atoms with Crippen LogP contribution in [-0.2, 0) is 16.7 Å². The summed E-state index contributed by atoms with van der Waals surface area (Å²) >= 11 is 3.55. The molecule has 0 aromatic heterocycles. The minimum absolute atomic E-state index is 0. The topological polar surface area (TPSA) is 27.7 Å². The molecule has 0 fully saturated rings. The molecule has 0 N–H and O–H groups in total. The maximum atomic E-state index is 5.91. The summed E-state index contributed by atoms with van der Waals surface area (Å²) in [6.07, 6.45) is 2.14. The smallest absolute Gasteiger partial charge is 0.119 e. The number of hydrogen-bond donors (Lipinski definition) is 0. The van der Waals surface area contributed by atoms with Gasteiger partial charge in [0.15, 0.2) is 0 Å². The molecule has 210 valence electrons. The molecule has 0 aliphatic carbocycles. The summed E-state index contributed by atoms with van der Waals surface area (Å²) in [6.45, 7) is 18.2. The molecule has 0 amide bonds. The Balaban J connectivity index is 0.00000684. The molecule has 0 radical (unpaired) electrons. The van der Waals surface area contributed by atoms with Gasteiger partial charge >= 0.3 is 0 Å². The zero-order chi connectivity index (χ0) is 26.8. The van der Waals surface area contributed by atoms with Crippen molar-refractivity contribution >= 4 is 15.9 Å². The molecular formula is C31H49Br2NO3. The van der Waals surface area contributed by atoms with E-state index in [4.69, 9.17) is 14.2 Å². The summed E-state index contributed by atoms with van der Waals surface area (Å²) in [5.41, 5.74) is 3.10. The minimum Gasteiger partial charge on any atom is -1.00 e. The van der Waals surface area contributed by atoms with Gasteiger partial charge in [-0.3, -0.25) is 0 Å². The predicted molar refractivity (Wildman–Crippen MR) is 155 cm³/mol. The second-order valence-corrected chi connectivity index (χ2v) is 14.0. The molecule has 0 spiro atoms. The Morgan fingerprint density at radius 1 is 0.784 bits per heavy atom. The fourth-order valence-corrected chi connectivity index (χ4v) is 4.85. The third kappa shape index (κ3) is 14.0. The van der Waals surface area contributed by atoms with Crippen LogP contribution in [0.15, 0.2) is 48.5 Å². The number of rotatable bonds is 15. The van der Waals surface area contributed by atoms with Gasteiger partial charge in [-0.15, -0.1) is 0 Å². The summed E-state index contributed by atoms with van der Waals surface area (Å²) in [5.74, 6) is 1.84. The predicted octanol–water partition coefficient (Wildman–Crippen LogP) is 4.63. The molecule has 6 heteroatoms. The zero-order valence-electron chi connectivity index (χ0n) is 24.3. The van der Waals surface area contributed by atoms with E-state index in [1.54, 1.807) is 0 Å². The lowest BCUT2D eigenvalue weighted by Gasteiger charge is -2.33. The highest BCUT2D eigenvalue weighted by atomic mass is 79.9. The van der Waals surface area contributed by atoms with E-state index in [2.05, 4.69) is 120 Å². The van der Waals surface area contributed by atoms with Crippen molar-refractivity contribution in [2.45, 2.75) is 71.2 Å². The van der Waals surface area contributed by atoms with Gasteiger partial charge in [-0.05, 0) is 65.6 Å². The van der Waals surface area contributed by atoms with E-state index < -0.39 is 0 Å². The lowest BCUT2D eigenvalue weighted by atomic mass is 9.72. The Morgan fingerprint density at radius 2 is 1.32 bits per heavy atom. The van der Waals surface area contributed by atoms with E-state index in [9.17, 15) is 0 Å². The standard InChI is InChI=1S/C31H49BrNO3.BrH/c1-25(32)17-19-35-28-13-9-26(10-14-28)23-33(7,8)18-20-34-21-22-36-29-15-11-27(12-16-29)31(5,6)24-30(2,3)4;/h9-16,25H,17-24H2,1-8H3;1H/q+1;/p-1. The van der Waals surface area contributed by atoms with Gasteiger partial charge < -0.3 is 35.7 Å². The van der Waals surface area contributed by atoms with Crippen LogP contribution in [0.25, 0.3) is 0 Å². The lowest BCUT2D eigenvalue weighted by molar-refractivity contribution is -0.904. The van der Waals surface area contributed by atoms with Gasteiger partial charge in [0.1, 0.15) is 31.2 Å². The average molecular weight is 644 g/mol. The molecular weight excluding hydrogens is 594 g/mol. The van der Waals surface area contributed by atoms with E-state index in [0.29, 0.717) is 30.1 Å². The third-order valence-corrected chi connectivity index (χ3v) is 6.72. The minimum atomic E-state index is 0. The highest BCUT2D eigenvalue weighted by Gasteiger charge is 2.27. The maximum absolute atomic E-state index is 5.91. The van der Waals surface area contributed by atoms with Gasteiger partial charge in [0.05, 0.1) is 33.9 Å². The number of nitrogens with zero attached hydrogens (tertiary/aromatic N) is 1. The zero-order valence-corrected chi connectivity index (χ0v) is 27.5. The van der Waals surface area contributed by atoms with Gasteiger partial charge in [0.2, 0.25) is 0 Å². The fraction of sp³-hybridized carbons (Fsp3) is 0.613. The normalized spacial score (nSPS) is 13.1. The molecule has 2 rings (SSSR count). The Hall–Kier alpha value is -1.08. The first kappa shape index (κ1) is 33.9. The highest BCUT2D eigenvalue weighted by molar-refractivity contribution is 9.09. The van der Waals surface area contributed by atoms with Crippen LogP contribution < -0.4 is 26.5 Å². The molecule has 1 unspecified atom stereocenters. The van der Waals surface area contributed by atoms with Crippen molar-refractivity contribution in [1.29, 1.82) is 0 Å². The van der Waals surface area contributed by atoms with Crippen molar-refractivity contribution in [2.24, 2.45) is 5.41 Å². The number of likely N-dealkylation sites (N-methyl/N-ethyl adjacent to an activating group) is 1. The Bertz CT molecular complexity index is 888. The lowest BCUT2D eigenvalue weighted by Crippen LogP contribution is -3.00. The second kappa shape index (κ2) is 15.5. The summed E-state index contributed by atoms with van der Waals surface area (Å²) in [7, 11) is 4.48. The van der Waals surface area contributed by atoms with Crippen LogP contribution in [-0.4, -0.2) is 56.4 Å². The fourth-order valence-electron chi connectivity index (χ4n) is 4.67. The van der Waals surface area contributed by atoms with Crippen LogP contribution >= 0.6 is 15.9 Å². The Morgan fingerprint density at radius 3 is 1.86 bits per heavy atom. The largest absolute Gasteiger partial charge is 1.00 e. The van der Waals surface area contributed by atoms with Gasteiger partial charge in [0.25, 0.3) is 0 Å². The molecule has 0 aliphatic rings. The van der Waals surface area contributed by atoms with E-state index >= 15 is 0 Å². The number of hydrogen-bond acceptors (Lipinski definition) is 3. The monoisotopic (exact) mass is 641 g/mol. The van der Waals surface area contributed by atoms with Crippen molar-refractivity contribution in [1.82, 2.24) is 0 Å². The summed E-state index contributed by atoms with van der Waals surface area (Å²) < 4.78 is 18.5. The van der Waals surface area contributed by atoms with Gasteiger partial charge in [-0.25, -0.2) is 0 Å². The van der Waals surface area contributed by atoms with E-state index in [1.165, 1.54) is 11.1 Å². The average Bonchev–Trinajstić information content (AvgIpc) is 2.75. The van der Waals surface area contributed by atoms with E-state index in [-0.39, 0.29) is 22.4 Å². The molecule has 0 aliphatic heterocycles. The molecule has 1 atom stereocenters. The van der Waals surface area contributed by atoms with Crippen molar-refractivity contribution in [3.05, 3.63) is 59.7 Å². The number of quaternary nitrogens is 1. The first-order valence-electron chi connectivity index (χ1n) is 13.2. The maximum Gasteiger partial charge on any atom is 0.119 e. The van der Waals surface area contributed by atoms with Crippen molar-refractivity contribution < 1.29 is 35.7 Å². The first-order chi connectivity index (χ1) is 16.8. The molecule has 0 bridgehead atoms. The highest BCUT2D eigenvalue weighted by Crippen LogP contribution is 2.36. The third-order valence-electron chi connectivity index (χ3n) is 6.26. The van der Waals surface area contributed by atoms with Crippen molar-refractivity contribution in [3.63, 3.8) is 0 Å². The molecule has 0 saturated carbocycles. The van der Waals surface area contributed by atoms with Crippen LogP contribution in [0.5, 0.6) is 11.5 Å². The van der Waals surface area contributed by atoms with Crippen LogP contribution in [0.2, 0.25) is 0 Å². The van der Waals surface area contributed by atoms with Crippen LogP contribution in [0, 0.1) is 5.41 Å². The van der Waals surface area contributed by atoms with Gasteiger partial charge in [0, 0.05) is 10.4 Å². The summed E-state index contributed by atoms with van der Waals surface area (Å²) in [6, 6.07) is 17.0. The molecule has 0 heterocycles. The van der Waals surface area contributed by atoms with E-state index in [1.807, 2.05) is 0 Å². The van der Waals surface area contributed by atoms with Crippen LogP contribution in [0.1, 0.15) is 65.5 Å². The number of benzene rings is 2. The quantitative estimate of drug-likeness (QED) is 0.161. The SMILES string of the molecule is CC(Br)CCOc1ccc(C[N+](C)(C)CCOCCOc2ccc(C(C)(C)CC(C)(C)C)cc2)cc1.[Br-]. The Labute approximate surface area is 245 Å². The van der Waals surface area contributed by atoms with Crippen LogP contribution in [0.3, 0.4) is 0 Å². The molecule has 4 nitrogen and oxygen atoms in total. The Kier molecular flexibility index (Phi) is 14.2. The van der Waals surface area contributed by atoms with Crippen molar-refractivity contribution in [2.75, 3.05) is 47.1 Å². The van der Waals surface area contributed by atoms with Crippen molar-refractivity contribution in [3.8, 4) is 11.5 Å². The van der Waals surface area contributed by atoms with Gasteiger partial charge in [-0.2, -0.15) is 0 Å². The second-order valence-electron chi connectivity index (χ2n) is 12.5. The molecule has 37 heavy (non-hydrogen) atoms. The van der Waals surface area contributed by atoms with E-state index in [0.717, 1.165) is 48.5 Å². The molecule has 2 aromatic rings.